The molecule has 9 atom stereocenters. The molecule has 0 aliphatic carbocycles. The van der Waals surface area contributed by atoms with Crippen LogP contribution in [0.5, 0.6) is 5.75 Å². The van der Waals surface area contributed by atoms with Gasteiger partial charge in [0.2, 0.25) is 41.4 Å². The average Bonchev–Trinajstić information content (AvgIpc) is 4.19. The highest BCUT2D eigenvalue weighted by Gasteiger charge is 2.39. The number of hydrogen-bond donors (Lipinski definition) is 11. The van der Waals surface area contributed by atoms with Crippen LogP contribution in [0.2, 0.25) is 0 Å². The van der Waals surface area contributed by atoms with Crippen LogP contribution in [0.15, 0.2) is 79.6 Å². The summed E-state index contributed by atoms with van der Waals surface area (Å²) in [4.78, 5) is 126. The molecule has 1 fully saturated rings. The number of nitrogens with one attached hydrogen (secondary N) is 8. The van der Waals surface area contributed by atoms with Gasteiger partial charge in [0.15, 0.2) is 0 Å². The fourth-order valence-corrected chi connectivity index (χ4v) is 8.70. The first-order valence-electron chi connectivity index (χ1n) is 25.1. The molecule has 0 spiro atoms. The van der Waals surface area contributed by atoms with Crippen LogP contribution in [0.3, 0.4) is 0 Å². The summed E-state index contributed by atoms with van der Waals surface area (Å²) in [7, 11) is 0. The molecule has 0 radical (unpaired) electrons. The lowest BCUT2D eigenvalue weighted by Gasteiger charge is -2.30. The number of carboxylic acids is 1. The number of carbonyl (C=O) groups is 8. The van der Waals surface area contributed by atoms with Crippen LogP contribution in [0, 0.1) is 17.8 Å². The maximum atomic E-state index is 14.5. The van der Waals surface area contributed by atoms with Crippen molar-refractivity contribution in [2.24, 2.45) is 23.5 Å². The number of likely N-dealkylation sites (tertiary alicyclic amines) is 1. The molecule has 5 rings (SSSR count). The van der Waals surface area contributed by atoms with Crippen molar-refractivity contribution in [1.82, 2.24) is 56.7 Å². The summed E-state index contributed by atoms with van der Waals surface area (Å²) in [5, 5.41) is 36.2. The molecule has 4 aromatic rings. The second-order valence-electron chi connectivity index (χ2n) is 19.7. The third-order valence-corrected chi connectivity index (χ3v) is 13.0. The maximum Gasteiger partial charge on any atom is 0.326 e. The van der Waals surface area contributed by atoms with Gasteiger partial charge in [0.1, 0.15) is 48.0 Å². The minimum absolute atomic E-state index is 0.00667. The average molecular weight is 1030 g/mol. The summed E-state index contributed by atoms with van der Waals surface area (Å²) in [6.45, 7) is 10.9. The molecule has 1 aliphatic rings. The SMILES string of the molecule is CC[C@H](C)[C@H](NC(=O)[C@@H](NC(=O)[C@H](CC(C)C)NC(=O)[C@H](Cc1cnc[nH]1)NC(=O)[C@H](Cc1ccccc1)NC(=O)[C@@H]1CCCN1C(=O)[C@@H](N)Cc1cnc[nH]1)C(C)C)C(=O)N[C@@H](Cc1ccc(O)cc1)C(=O)O. The monoisotopic (exact) mass is 1020 g/mol. The number of phenolic OH excluding ortho intramolecular Hbond substituents is 1. The second kappa shape index (κ2) is 27.4. The fraction of sp³-hybridized carbons (Fsp3) is 0.500. The highest BCUT2D eigenvalue weighted by Crippen LogP contribution is 2.21. The van der Waals surface area contributed by atoms with Gasteiger partial charge in [-0.05, 0) is 60.3 Å². The van der Waals surface area contributed by atoms with Crippen molar-refractivity contribution in [3.63, 3.8) is 0 Å². The molecule has 1 aliphatic heterocycles. The van der Waals surface area contributed by atoms with Gasteiger partial charge in [-0.3, -0.25) is 33.6 Å². The van der Waals surface area contributed by atoms with Crippen molar-refractivity contribution < 1.29 is 48.6 Å². The number of nitrogens with two attached hydrogens (primary N) is 1. The van der Waals surface area contributed by atoms with Crippen molar-refractivity contribution in [3.8, 4) is 5.75 Å². The number of nitrogens with zero attached hydrogens (tertiary/aromatic N) is 3. The number of rotatable bonds is 27. The van der Waals surface area contributed by atoms with E-state index in [2.05, 4.69) is 51.8 Å². The van der Waals surface area contributed by atoms with E-state index in [1.807, 2.05) is 13.8 Å². The number of H-pyrrole nitrogens is 2. The Labute approximate surface area is 430 Å². The Balaban J connectivity index is 1.32. The van der Waals surface area contributed by atoms with E-state index in [0.717, 1.165) is 0 Å². The number of aromatic hydroxyl groups is 1. The molecule has 7 amide bonds. The molecule has 0 bridgehead atoms. The molecule has 0 unspecified atom stereocenters. The topological polar surface area (TPSA) is 336 Å². The quantitative estimate of drug-likeness (QED) is 0.0400. The first-order chi connectivity index (χ1) is 35.2. The summed E-state index contributed by atoms with van der Waals surface area (Å²) in [6, 6.07) is 5.40. The van der Waals surface area contributed by atoms with Gasteiger partial charge < -0.3 is 62.7 Å². The first kappa shape index (κ1) is 57.3. The van der Waals surface area contributed by atoms with Gasteiger partial charge in [0.25, 0.3) is 0 Å². The van der Waals surface area contributed by atoms with Crippen LogP contribution in [-0.4, -0.2) is 137 Å². The van der Waals surface area contributed by atoms with Gasteiger partial charge in [-0.1, -0.05) is 90.4 Å². The van der Waals surface area contributed by atoms with Crippen LogP contribution in [-0.2, 0) is 64.0 Å². The molecule has 2 aromatic carbocycles. The molecule has 400 valence electrons. The van der Waals surface area contributed by atoms with Crippen molar-refractivity contribution >= 4 is 47.3 Å². The zero-order valence-electron chi connectivity index (χ0n) is 42.8. The fourth-order valence-electron chi connectivity index (χ4n) is 8.70. The molecule has 1 saturated heterocycles. The Morgan fingerprint density at radius 3 is 1.76 bits per heavy atom. The van der Waals surface area contributed by atoms with E-state index in [1.165, 1.54) is 48.0 Å². The Morgan fingerprint density at radius 2 is 1.19 bits per heavy atom. The number of carboxylic acid groups (broad SMARTS) is 1. The summed E-state index contributed by atoms with van der Waals surface area (Å²) in [5.74, 6) is -7.12. The first-order valence-corrected chi connectivity index (χ1v) is 25.1. The normalized spacial score (nSPS) is 16.7. The van der Waals surface area contributed by atoms with E-state index in [9.17, 15) is 48.6 Å². The second-order valence-corrected chi connectivity index (χ2v) is 19.7. The third kappa shape index (κ3) is 16.7. The van der Waals surface area contributed by atoms with Gasteiger partial charge in [-0.2, -0.15) is 0 Å². The van der Waals surface area contributed by atoms with E-state index >= 15 is 0 Å². The lowest BCUT2D eigenvalue weighted by atomic mass is 9.95. The number of carbonyl (C=O) groups excluding carboxylic acids is 7. The molecular formula is C52H72N12O10. The summed E-state index contributed by atoms with van der Waals surface area (Å²) in [6.07, 6.45) is 7.33. The minimum atomic E-state index is -1.37. The molecule has 22 nitrogen and oxygen atoms in total. The molecule has 2 aromatic heterocycles. The highest BCUT2D eigenvalue weighted by molar-refractivity contribution is 5.98. The molecule has 3 heterocycles. The Morgan fingerprint density at radius 1 is 0.662 bits per heavy atom. The number of imidazole rings is 2. The van der Waals surface area contributed by atoms with Gasteiger partial charge in [0.05, 0.1) is 18.7 Å². The van der Waals surface area contributed by atoms with Crippen LogP contribution in [0.1, 0.15) is 89.7 Å². The minimum Gasteiger partial charge on any atom is -0.508 e. The number of phenols is 1. The number of aromatic nitrogens is 4. The molecular weight excluding hydrogens is 953 g/mol. The van der Waals surface area contributed by atoms with Gasteiger partial charge >= 0.3 is 5.97 Å². The summed E-state index contributed by atoms with van der Waals surface area (Å²) in [5.41, 5.74) is 8.67. The number of hydrogen-bond acceptors (Lipinski definition) is 12. The van der Waals surface area contributed by atoms with Gasteiger partial charge in [-0.15, -0.1) is 0 Å². The van der Waals surface area contributed by atoms with Crippen LogP contribution < -0.4 is 37.6 Å². The summed E-state index contributed by atoms with van der Waals surface area (Å²) >= 11 is 0. The van der Waals surface area contributed by atoms with E-state index < -0.39 is 107 Å². The highest BCUT2D eigenvalue weighted by atomic mass is 16.4. The van der Waals surface area contributed by atoms with Gasteiger partial charge in [-0.25, -0.2) is 14.8 Å². The Hall–Kier alpha value is -7.62. The summed E-state index contributed by atoms with van der Waals surface area (Å²) < 4.78 is 0. The van der Waals surface area contributed by atoms with E-state index in [0.29, 0.717) is 41.8 Å². The number of amides is 7. The number of aromatic amines is 2. The zero-order chi connectivity index (χ0) is 54.1. The van der Waals surface area contributed by atoms with Crippen molar-refractivity contribution in [2.45, 2.75) is 141 Å². The smallest absolute Gasteiger partial charge is 0.326 e. The van der Waals surface area contributed by atoms with Crippen LogP contribution in [0.25, 0.3) is 0 Å². The predicted octanol–water partition coefficient (Wildman–Crippen LogP) is 1.17. The van der Waals surface area contributed by atoms with Crippen molar-refractivity contribution in [3.05, 3.63) is 102 Å². The van der Waals surface area contributed by atoms with Crippen LogP contribution in [0.4, 0.5) is 0 Å². The zero-order valence-corrected chi connectivity index (χ0v) is 42.8. The number of aliphatic carboxylic acids is 1. The van der Waals surface area contributed by atoms with E-state index in [1.54, 1.807) is 64.2 Å². The lowest BCUT2D eigenvalue weighted by Crippen LogP contribution is -2.61. The third-order valence-electron chi connectivity index (χ3n) is 13.0. The van der Waals surface area contributed by atoms with Crippen LogP contribution >= 0.6 is 0 Å². The van der Waals surface area contributed by atoms with E-state index in [-0.39, 0.29) is 50.3 Å². The molecule has 22 heteroatoms. The predicted molar refractivity (Wildman–Crippen MR) is 272 cm³/mol. The lowest BCUT2D eigenvalue weighted by molar-refractivity contribution is -0.142. The standard InChI is InChI=1S/C52H72N12O10/c1-7-31(6)44(50(71)61-41(52(73)74)22-33-15-17-36(65)18-16-33)63-49(70)43(30(4)5)62-47(68)38(20-29(2)3)58-46(67)40(24-35-26-55-28-57-35)59-45(66)39(21-32-12-9-8-10-13-32)60-48(69)42-14-11-19-64(42)51(72)37(53)23-34-25-54-27-56-34/h8-10,12-13,15-18,25-31,37-44,65H,7,11,14,19-24,53H2,1-6H3,(H,54,56)(H,55,57)(H,58,67)(H,59,66)(H,60,69)(H,61,71)(H,62,68)(H,63,70)(H,73,74)/t31-,37-,38-,39-,40-,41-,42-,43-,44-/m0/s1. The molecule has 74 heavy (non-hydrogen) atoms. The Bertz CT molecular complexity index is 2490. The maximum absolute atomic E-state index is 14.5. The molecule has 12 N–H and O–H groups in total. The molecule has 0 saturated carbocycles. The largest absolute Gasteiger partial charge is 0.508 e. The van der Waals surface area contributed by atoms with Gasteiger partial charge in [0, 0.05) is 56.0 Å². The number of benzene rings is 2. The Kier molecular flexibility index (Phi) is 21.2. The van der Waals surface area contributed by atoms with Crippen molar-refractivity contribution in [1.29, 1.82) is 0 Å². The van der Waals surface area contributed by atoms with E-state index in [4.69, 9.17) is 5.73 Å². The van der Waals surface area contributed by atoms with Crippen molar-refractivity contribution in [2.75, 3.05) is 6.54 Å².